The Morgan fingerprint density at radius 2 is 1.58 bits per heavy atom. The van der Waals surface area contributed by atoms with Gasteiger partial charge in [-0.1, -0.05) is 66.7 Å². The summed E-state index contributed by atoms with van der Waals surface area (Å²) in [6, 6.07) is 24.9. The molecule has 0 aliphatic heterocycles. The summed E-state index contributed by atoms with van der Waals surface area (Å²) in [5, 5.41) is 0.431. The van der Waals surface area contributed by atoms with Crippen LogP contribution in [-0.2, 0) is 6.42 Å². The first-order valence-electron chi connectivity index (χ1n) is 10.5. The van der Waals surface area contributed by atoms with Crippen molar-refractivity contribution in [3.63, 3.8) is 0 Å². The summed E-state index contributed by atoms with van der Waals surface area (Å²) in [5.74, 6) is 0.356. The fourth-order valence-electron chi connectivity index (χ4n) is 3.82. The minimum Gasteiger partial charge on any atom is -0.455 e. The van der Waals surface area contributed by atoms with E-state index in [-0.39, 0.29) is 11.3 Å². The van der Waals surface area contributed by atoms with E-state index in [1.54, 1.807) is 37.1 Å². The van der Waals surface area contributed by atoms with E-state index in [0.717, 1.165) is 18.4 Å². The van der Waals surface area contributed by atoms with Gasteiger partial charge in [-0.3, -0.25) is 9.59 Å². The summed E-state index contributed by atoms with van der Waals surface area (Å²) < 4.78 is 6.19. The van der Waals surface area contributed by atoms with Gasteiger partial charge in [-0.2, -0.15) is 0 Å². The van der Waals surface area contributed by atoms with E-state index in [4.69, 9.17) is 4.42 Å². The zero-order valence-corrected chi connectivity index (χ0v) is 17.8. The maximum Gasteiger partial charge on any atom is 0.257 e. The van der Waals surface area contributed by atoms with Crippen LogP contribution in [0, 0.1) is 6.92 Å². The lowest BCUT2D eigenvalue weighted by atomic mass is 10.0. The fraction of sp³-hybridized carbons (Fsp3) is 0.185. The standard InChI is InChI=1S/C27H25NO3/c1-19-24(29)22-16-9-17-23(26(22)31-25(19)21-14-7-4-8-15-21)27(30)28(2)18-10-13-20-11-5-3-6-12-20/h3-9,11-12,14-17H,10,13,18H2,1-2H3. The lowest BCUT2D eigenvalue weighted by Crippen LogP contribution is -2.28. The van der Waals surface area contributed by atoms with Gasteiger partial charge in [0.05, 0.1) is 10.9 Å². The largest absolute Gasteiger partial charge is 0.455 e. The molecule has 0 radical (unpaired) electrons. The first-order chi connectivity index (χ1) is 15.1. The Labute approximate surface area is 181 Å². The zero-order valence-electron chi connectivity index (χ0n) is 17.8. The van der Waals surface area contributed by atoms with Crippen LogP contribution in [0.1, 0.15) is 27.9 Å². The Morgan fingerprint density at radius 3 is 2.29 bits per heavy atom. The SMILES string of the molecule is Cc1c(-c2ccccc2)oc2c(C(=O)N(C)CCCc3ccccc3)cccc2c1=O. The number of carbonyl (C=O) groups is 1. The molecule has 0 N–H and O–H groups in total. The van der Waals surface area contributed by atoms with Crippen LogP contribution in [0.5, 0.6) is 0 Å². The van der Waals surface area contributed by atoms with Gasteiger partial charge in [0.1, 0.15) is 5.76 Å². The molecular formula is C27H25NO3. The van der Waals surface area contributed by atoms with Crippen molar-refractivity contribution in [1.29, 1.82) is 0 Å². The number of nitrogens with zero attached hydrogens (tertiary/aromatic N) is 1. The third kappa shape index (κ3) is 4.29. The Balaban J connectivity index is 1.64. The van der Waals surface area contributed by atoms with Gasteiger partial charge in [-0.05, 0) is 37.5 Å². The molecule has 4 nitrogen and oxygen atoms in total. The second-order valence-corrected chi connectivity index (χ2v) is 7.75. The van der Waals surface area contributed by atoms with E-state index in [9.17, 15) is 9.59 Å². The number of rotatable bonds is 6. The minimum atomic E-state index is -0.148. The molecular weight excluding hydrogens is 386 g/mol. The predicted molar refractivity (Wildman–Crippen MR) is 124 cm³/mol. The number of aryl methyl sites for hydroxylation is 1. The molecule has 1 heterocycles. The predicted octanol–water partition coefficient (Wildman–Crippen LogP) is 5.47. The smallest absolute Gasteiger partial charge is 0.257 e. The van der Waals surface area contributed by atoms with E-state index in [0.29, 0.717) is 34.4 Å². The maximum absolute atomic E-state index is 13.2. The van der Waals surface area contributed by atoms with Gasteiger partial charge < -0.3 is 9.32 Å². The molecule has 4 aromatic rings. The molecule has 31 heavy (non-hydrogen) atoms. The number of para-hydroxylation sites is 1. The van der Waals surface area contributed by atoms with Crippen molar-refractivity contribution < 1.29 is 9.21 Å². The zero-order chi connectivity index (χ0) is 21.8. The summed E-state index contributed by atoms with van der Waals surface area (Å²) in [7, 11) is 1.79. The van der Waals surface area contributed by atoms with E-state index in [1.807, 2.05) is 48.5 Å². The monoisotopic (exact) mass is 411 g/mol. The van der Waals surface area contributed by atoms with Crippen molar-refractivity contribution in [3.05, 3.63) is 106 Å². The summed E-state index contributed by atoms with van der Waals surface area (Å²) in [4.78, 5) is 27.9. The first-order valence-corrected chi connectivity index (χ1v) is 10.5. The molecule has 0 saturated heterocycles. The van der Waals surface area contributed by atoms with E-state index in [2.05, 4.69) is 12.1 Å². The van der Waals surface area contributed by atoms with Crippen LogP contribution < -0.4 is 5.43 Å². The Kier molecular flexibility index (Phi) is 5.99. The molecule has 0 atom stereocenters. The normalized spacial score (nSPS) is 10.9. The van der Waals surface area contributed by atoms with Crippen LogP contribution >= 0.6 is 0 Å². The van der Waals surface area contributed by atoms with E-state index < -0.39 is 0 Å². The van der Waals surface area contributed by atoms with Crippen molar-refractivity contribution in [3.8, 4) is 11.3 Å². The average Bonchev–Trinajstić information content (AvgIpc) is 2.81. The van der Waals surface area contributed by atoms with Gasteiger partial charge in [0, 0.05) is 24.7 Å². The maximum atomic E-state index is 13.2. The van der Waals surface area contributed by atoms with Crippen molar-refractivity contribution in [2.45, 2.75) is 19.8 Å². The van der Waals surface area contributed by atoms with E-state index >= 15 is 0 Å². The molecule has 0 aliphatic rings. The summed E-state index contributed by atoms with van der Waals surface area (Å²) in [5.41, 5.74) is 3.26. The topological polar surface area (TPSA) is 50.5 Å². The molecule has 156 valence electrons. The Bertz CT molecular complexity index is 1260. The van der Waals surface area contributed by atoms with Crippen molar-refractivity contribution >= 4 is 16.9 Å². The number of fused-ring (bicyclic) bond motifs is 1. The second kappa shape index (κ2) is 9.00. The highest BCUT2D eigenvalue weighted by Gasteiger charge is 2.20. The van der Waals surface area contributed by atoms with Crippen LogP contribution in [0.25, 0.3) is 22.3 Å². The van der Waals surface area contributed by atoms with Gasteiger partial charge in [0.15, 0.2) is 11.0 Å². The quantitative estimate of drug-likeness (QED) is 0.423. The molecule has 0 spiro atoms. The highest BCUT2D eigenvalue weighted by molar-refractivity contribution is 6.05. The van der Waals surface area contributed by atoms with Gasteiger partial charge in [0.25, 0.3) is 5.91 Å². The van der Waals surface area contributed by atoms with Crippen molar-refractivity contribution in [2.24, 2.45) is 0 Å². The highest BCUT2D eigenvalue weighted by atomic mass is 16.3. The summed E-state index contributed by atoms with van der Waals surface area (Å²) in [6.07, 6.45) is 1.76. The molecule has 0 saturated carbocycles. The molecule has 4 rings (SSSR count). The molecule has 1 aromatic heterocycles. The van der Waals surface area contributed by atoms with Gasteiger partial charge >= 0.3 is 0 Å². The summed E-state index contributed by atoms with van der Waals surface area (Å²) >= 11 is 0. The third-order valence-corrected chi connectivity index (χ3v) is 5.56. The number of benzene rings is 3. The molecule has 0 unspecified atom stereocenters. The van der Waals surface area contributed by atoms with Crippen LogP contribution in [0.3, 0.4) is 0 Å². The molecule has 3 aromatic carbocycles. The second-order valence-electron chi connectivity index (χ2n) is 7.75. The average molecular weight is 412 g/mol. The molecule has 0 aliphatic carbocycles. The number of amides is 1. The van der Waals surface area contributed by atoms with E-state index in [1.165, 1.54) is 5.56 Å². The van der Waals surface area contributed by atoms with Crippen LogP contribution in [0.15, 0.2) is 88.1 Å². The fourth-order valence-corrected chi connectivity index (χ4v) is 3.82. The number of hydrogen-bond acceptors (Lipinski definition) is 3. The number of hydrogen-bond donors (Lipinski definition) is 0. The van der Waals surface area contributed by atoms with Crippen molar-refractivity contribution in [2.75, 3.05) is 13.6 Å². The van der Waals surface area contributed by atoms with Gasteiger partial charge in [-0.25, -0.2) is 0 Å². The van der Waals surface area contributed by atoms with Gasteiger partial charge in [0.2, 0.25) is 0 Å². The minimum absolute atomic E-state index is 0.110. The molecule has 0 bridgehead atoms. The van der Waals surface area contributed by atoms with Crippen molar-refractivity contribution in [1.82, 2.24) is 4.90 Å². The summed E-state index contributed by atoms with van der Waals surface area (Å²) in [6.45, 7) is 2.38. The Hall–Kier alpha value is -3.66. The third-order valence-electron chi connectivity index (χ3n) is 5.56. The molecule has 4 heteroatoms. The lowest BCUT2D eigenvalue weighted by molar-refractivity contribution is 0.0794. The molecule has 0 fully saturated rings. The van der Waals surface area contributed by atoms with Crippen LogP contribution in [0.2, 0.25) is 0 Å². The lowest BCUT2D eigenvalue weighted by Gasteiger charge is -2.18. The van der Waals surface area contributed by atoms with Crippen LogP contribution in [-0.4, -0.2) is 24.4 Å². The van der Waals surface area contributed by atoms with Crippen LogP contribution in [0.4, 0.5) is 0 Å². The Morgan fingerprint density at radius 1 is 0.903 bits per heavy atom. The molecule has 1 amide bonds. The van der Waals surface area contributed by atoms with Gasteiger partial charge in [-0.15, -0.1) is 0 Å². The highest BCUT2D eigenvalue weighted by Crippen LogP contribution is 2.27. The first kappa shape index (κ1) is 20.6. The number of carbonyl (C=O) groups excluding carboxylic acids is 1.